The van der Waals surface area contributed by atoms with Crippen molar-refractivity contribution in [3.8, 4) is 22.3 Å². The monoisotopic (exact) mass is 308 g/mol. The van der Waals surface area contributed by atoms with Gasteiger partial charge < -0.3 is 5.73 Å². The predicted octanol–water partition coefficient (Wildman–Crippen LogP) is 4.65. The van der Waals surface area contributed by atoms with Crippen LogP contribution in [0.3, 0.4) is 0 Å². The molecular formula is C18H13FN2O2. The Kier molecular flexibility index (Phi) is 3.76. The number of nitro groups is 1. The van der Waals surface area contributed by atoms with E-state index in [1.807, 2.05) is 42.5 Å². The smallest absolute Gasteiger partial charge is 0.292 e. The van der Waals surface area contributed by atoms with Gasteiger partial charge in [0.15, 0.2) is 0 Å². The van der Waals surface area contributed by atoms with Crippen molar-refractivity contribution in [2.45, 2.75) is 0 Å². The number of nitrogen functional groups attached to an aromatic ring is 1. The van der Waals surface area contributed by atoms with Gasteiger partial charge in [0, 0.05) is 17.7 Å². The molecule has 0 heterocycles. The van der Waals surface area contributed by atoms with Crippen LogP contribution < -0.4 is 5.73 Å². The first-order valence-corrected chi connectivity index (χ1v) is 6.95. The average Bonchev–Trinajstić information content (AvgIpc) is 2.56. The minimum atomic E-state index is -0.614. The van der Waals surface area contributed by atoms with Crippen molar-refractivity contribution in [2.24, 2.45) is 0 Å². The van der Waals surface area contributed by atoms with E-state index in [4.69, 9.17) is 5.73 Å². The molecule has 0 aromatic heterocycles. The van der Waals surface area contributed by atoms with Crippen LogP contribution in [0.25, 0.3) is 22.3 Å². The molecular weight excluding hydrogens is 295 g/mol. The molecule has 0 aliphatic carbocycles. The Morgan fingerprint density at radius 2 is 1.43 bits per heavy atom. The van der Waals surface area contributed by atoms with E-state index in [2.05, 4.69) is 0 Å². The standard InChI is InChI=1S/C18H13FN2O2/c19-16-11-17(20)18(21(22)23)10-15(16)14-8-6-13(7-9-14)12-4-2-1-3-5-12/h1-11H,20H2. The second-order valence-corrected chi connectivity index (χ2v) is 5.09. The quantitative estimate of drug-likeness (QED) is 0.435. The fraction of sp³-hybridized carbons (Fsp3) is 0. The normalized spacial score (nSPS) is 10.5. The second-order valence-electron chi connectivity index (χ2n) is 5.09. The first kappa shape index (κ1) is 14.7. The summed E-state index contributed by atoms with van der Waals surface area (Å²) in [5.41, 5.74) is 7.76. The Labute approximate surface area is 132 Å². The van der Waals surface area contributed by atoms with Gasteiger partial charge in [-0.05, 0) is 16.7 Å². The van der Waals surface area contributed by atoms with Crippen molar-refractivity contribution < 1.29 is 9.31 Å². The van der Waals surface area contributed by atoms with E-state index in [-0.39, 0.29) is 16.9 Å². The van der Waals surface area contributed by atoms with E-state index in [9.17, 15) is 14.5 Å². The number of hydrogen-bond acceptors (Lipinski definition) is 3. The summed E-state index contributed by atoms with van der Waals surface area (Å²) in [7, 11) is 0. The van der Waals surface area contributed by atoms with Crippen LogP contribution in [0.4, 0.5) is 15.8 Å². The Morgan fingerprint density at radius 1 is 0.870 bits per heavy atom. The SMILES string of the molecule is Nc1cc(F)c(-c2ccc(-c3ccccc3)cc2)cc1[N+](=O)[O-]. The van der Waals surface area contributed by atoms with Gasteiger partial charge in [-0.1, -0.05) is 54.6 Å². The van der Waals surface area contributed by atoms with Crippen LogP contribution >= 0.6 is 0 Å². The van der Waals surface area contributed by atoms with Gasteiger partial charge in [0.1, 0.15) is 11.5 Å². The van der Waals surface area contributed by atoms with Crippen molar-refractivity contribution >= 4 is 11.4 Å². The molecule has 23 heavy (non-hydrogen) atoms. The van der Waals surface area contributed by atoms with Crippen molar-refractivity contribution in [3.63, 3.8) is 0 Å². The summed E-state index contributed by atoms with van der Waals surface area (Å²) in [6.45, 7) is 0. The number of anilines is 1. The van der Waals surface area contributed by atoms with Crippen LogP contribution in [-0.2, 0) is 0 Å². The first-order chi connectivity index (χ1) is 11.1. The zero-order valence-electron chi connectivity index (χ0n) is 12.1. The topological polar surface area (TPSA) is 69.2 Å². The second kappa shape index (κ2) is 5.88. The van der Waals surface area contributed by atoms with Crippen LogP contribution in [0.2, 0.25) is 0 Å². The van der Waals surface area contributed by atoms with Crippen LogP contribution in [0.5, 0.6) is 0 Å². The molecule has 0 atom stereocenters. The minimum Gasteiger partial charge on any atom is -0.393 e. The molecule has 2 N–H and O–H groups in total. The Hall–Kier alpha value is -3.21. The van der Waals surface area contributed by atoms with Crippen molar-refractivity contribution in [3.05, 3.63) is 82.7 Å². The predicted molar refractivity (Wildman–Crippen MR) is 88.3 cm³/mol. The zero-order chi connectivity index (χ0) is 16.4. The number of nitrogens with two attached hydrogens (primary N) is 1. The fourth-order valence-electron chi connectivity index (χ4n) is 2.43. The first-order valence-electron chi connectivity index (χ1n) is 6.95. The van der Waals surface area contributed by atoms with Gasteiger partial charge in [-0.3, -0.25) is 10.1 Å². The summed E-state index contributed by atoms with van der Waals surface area (Å²) in [4.78, 5) is 10.3. The molecule has 0 spiro atoms. The van der Waals surface area contributed by atoms with Crippen LogP contribution in [-0.4, -0.2) is 4.92 Å². The maximum atomic E-state index is 14.1. The van der Waals surface area contributed by atoms with Gasteiger partial charge in [0.25, 0.3) is 5.69 Å². The molecule has 0 saturated carbocycles. The third-order valence-electron chi connectivity index (χ3n) is 3.62. The Bertz CT molecular complexity index is 862. The summed E-state index contributed by atoms with van der Waals surface area (Å²) in [5.74, 6) is -0.583. The number of nitrogens with zero attached hydrogens (tertiary/aromatic N) is 1. The number of nitro benzene ring substituents is 1. The third-order valence-corrected chi connectivity index (χ3v) is 3.62. The molecule has 3 aromatic rings. The Morgan fingerprint density at radius 3 is 2.04 bits per heavy atom. The number of halogens is 1. The van der Waals surface area contributed by atoms with Gasteiger partial charge in [0.05, 0.1) is 4.92 Å². The summed E-state index contributed by atoms with van der Waals surface area (Å²) in [6.07, 6.45) is 0. The minimum absolute atomic E-state index is 0.158. The summed E-state index contributed by atoms with van der Waals surface area (Å²) in [6, 6.07) is 19.1. The Balaban J connectivity index is 2.03. The van der Waals surface area contributed by atoms with Crippen molar-refractivity contribution in [1.82, 2.24) is 0 Å². The van der Waals surface area contributed by atoms with E-state index >= 15 is 0 Å². The lowest BCUT2D eigenvalue weighted by molar-refractivity contribution is -0.383. The average molecular weight is 308 g/mol. The van der Waals surface area contributed by atoms with Gasteiger partial charge in [-0.15, -0.1) is 0 Å². The maximum absolute atomic E-state index is 14.1. The molecule has 5 heteroatoms. The molecule has 0 amide bonds. The van der Waals surface area contributed by atoms with E-state index in [0.29, 0.717) is 5.56 Å². The lowest BCUT2D eigenvalue weighted by atomic mass is 9.99. The molecule has 0 radical (unpaired) electrons. The van der Waals surface area contributed by atoms with Crippen LogP contribution in [0, 0.1) is 15.9 Å². The van der Waals surface area contributed by atoms with E-state index in [1.54, 1.807) is 12.1 Å². The van der Waals surface area contributed by atoms with Gasteiger partial charge in [-0.25, -0.2) is 4.39 Å². The number of benzene rings is 3. The molecule has 3 aromatic carbocycles. The summed E-state index contributed by atoms with van der Waals surface area (Å²) in [5, 5.41) is 11.0. The summed E-state index contributed by atoms with van der Waals surface area (Å²) >= 11 is 0. The van der Waals surface area contributed by atoms with Crippen molar-refractivity contribution in [1.29, 1.82) is 0 Å². The highest BCUT2D eigenvalue weighted by molar-refractivity contribution is 5.75. The largest absolute Gasteiger partial charge is 0.393 e. The molecule has 0 fully saturated rings. The van der Waals surface area contributed by atoms with Crippen molar-refractivity contribution in [2.75, 3.05) is 5.73 Å². The molecule has 0 unspecified atom stereocenters. The van der Waals surface area contributed by atoms with Crippen LogP contribution in [0.15, 0.2) is 66.7 Å². The molecule has 0 aliphatic rings. The zero-order valence-corrected chi connectivity index (χ0v) is 12.1. The third kappa shape index (κ3) is 2.89. The fourth-order valence-corrected chi connectivity index (χ4v) is 2.43. The molecule has 0 saturated heterocycles. The number of hydrogen-bond donors (Lipinski definition) is 1. The highest BCUT2D eigenvalue weighted by Gasteiger charge is 2.17. The highest BCUT2D eigenvalue weighted by atomic mass is 19.1. The molecule has 0 bridgehead atoms. The van der Waals surface area contributed by atoms with Gasteiger partial charge >= 0.3 is 0 Å². The van der Waals surface area contributed by atoms with Crippen LogP contribution in [0.1, 0.15) is 0 Å². The number of rotatable bonds is 3. The summed E-state index contributed by atoms with van der Waals surface area (Å²) < 4.78 is 14.1. The van der Waals surface area contributed by atoms with E-state index in [0.717, 1.165) is 17.2 Å². The molecule has 114 valence electrons. The van der Waals surface area contributed by atoms with E-state index in [1.165, 1.54) is 6.07 Å². The van der Waals surface area contributed by atoms with E-state index < -0.39 is 10.7 Å². The van der Waals surface area contributed by atoms with Gasteiger partial charge in [-0.2, -0.15) is 0 Å². The van der Waals surface area contributed by atoms with Gasteiger partial charge in [0.2, 0.25) is 0 Å². The molecule has 0 aliphatic heterocycles. The molecule has 3 rings (SSSR count). The lowest BCUT2D eigenvalue weighted by Gasteiger charge is -2.07. The molecule has 4 nitrogen and oxygen atoms in total. The lowest BCUT2D eigenvalue weighted by Crippen LogP contribution is -1.98. The highest BCUT2D eigenvalue weighted by Crippen LogP contribution is 2.32. The maximum Gasteiger partial charge on any atom is 0.292 e.